The Morgan fingerprint density at radius 2 is 1.94 bits per heavy atom. The highest BCUT2D eigenvalue weighted by Gasteiger charge is 2.22. The van der Waals surface area contributed by atoms with Crippen LogP contribution in [0.15, 0.2) is 53.1 Å². The van der Waals surface area contributed by atoms with Crippen LogP contribution in [0, 0.1) is 15.9 Å². The molecular formula is C21H20FN5O4. The quantitative estimate of drug-likeness (QED) is 0.457. The molecule has 160 valence electrons. The predicted octanol–water partition coefficient (Wildman–Crippen LogP) is 3.13. The standard InChI is InChI=1S/C21H20FN5O4/c22-17-4-1-3-16(13-17)21(28)26-10-2-9-25(11-12-26)14-19-23-20(24-31-19)15-5-7-18(8-6-15)27(29)30/h1,3-8,13H,2,9-12,14H2. The first-order valence-electron chi connectivity index (χ1n) is 9.84. The molecule has 0 spiro atoms. The van der Waals surface area contributed by atoms with Crippen LogP contribution in [0.5, 0.6) is 0 Å². The van der Waals surface area contributed by atoms with Gasteiger partial charge in [-0.25, -0.2) is 4.39 Å². The lowest BCUT2D eigenvalue weighted by atomic mass is 10.2. The topological polar surface area (TPSA) is 106 Å². The zero-order valence-corrected chi connectivity index (χ0v) is 16.6. The average Bonchev–Trinajstić information content (AvgIpc) is 3.11. The van der Waals surface area contributed by atoms with E-state index in [4.69, 9.17) is 4.52 Å². The molecule has 2 heterocycles. The molecule has 9 nitrogen and oxygen atoms in total. The van der Waals surface area contributed by atoms with E-state index < -0.39 is 10.7 Å². The molecule has 0 atom stereocenters. The fraction of sp³-hybridized carbons (Fsp3) is 0.286. The Bertz CT molecular complexity index is 1090. The van der Waals surface area contributed by atoms with E-state index in [9.17, 15) is 19.3 Å². The van der Waals surface area contributed by atoms with Crippen molar-refractivity contribution in [1.29, 1.82) is 0 Å². The van der Waals surface area contributed by atoms with E-state index in [2.05, 4.69) is 15.0 Å². The van der Waals surface area contributed by atoms with Crippen LogP contribution in [0.4, 0.5) is 10.1 Å². The van der Waals surface area contributed by atoms with Gasteiger partial charge in [0.1, 0.15) is 5.82 Å². The molecule has 1 aromatic heterocycles. The molecule has 1 aliphatic rings. The van der Waals surface area contributed by atoms with E-state index in [-0.39, 0.29) is 11.6 Å². The Morgan fingerprint density at radius 3 is 2.68 bits per heavy atom. The highest BCUT2D eigenvalue weighted by molar-refractivity contribution is 5.94. The molecule has 0 bridgehead atoms. The number of nitrogens with zero attached hydrogens (tertiary/aromatic N) is 5. The fourth-order valence-electron chi connectivity index (χ4n) is 3.50. The van der Waals surface area contributed by atoms with Crippen molar-refractivity contribution in [1.82, 2.24) is 19.9 Å². The van der Waals surface area contributed by atoms with E-state index in [1.54, 1.807) is 23.1 Å². The third-order valence-electron chi connectivity index (χ3n) is 5.11. The molecule has 31 heavy (non-hydrogen) atoms. The fourth-order valence-corrected chi connectivity index (χ4v) is 3.50. The highest BCUT2D eigenvalue weighted by Crippen LogP contribution is 2.20. The second-order valence-corrected chi connectivity index (χ2v) is 7.25. The lowest BCUT2D eigenvalue weighted by Gasteiger charge is -2.21. The SMILES string of the molecule is O=C(c1cccc(F)c1)N1CCCN(Cc2nc(-c3ccc([N+](=O)[O-])cc3)no2)CC1. The molecule has 10 heteroatoms. The van der Waals surface area contributed by atoms with Gasteiger partial charge in [-0.3, -0.25) is 19.8 Å². The van der Waals surface area contributed by atoms with E-state index in [0.717, 1.165) is 13.0 Å². The first kappa shape index (κ1) is 20.6. The van der Waals surface area contributed by atoms with Crippen molar-refractivity contribution in [2.75, 3.05) is 26.2 Å². The number of hydrogen-bond donors (Lipinski definition) is 0. The summed E-state index contributed by atoms with van der Waals surface area (Å²) < 4.78 is 18.8. The summed E-state index contributed by atoms with van der Waals surface area (Å²) in [6, 6.07) is 11.7. The van der Waals surface area contributed by atoms with Crippen molar-refractivity contribution in [3.8, 4) is 11.4 Å². The van der Waals surface area contributed by atoms with Crippen molar-refractivity contribution >= 4 is 11.6 Å². The number of rotatable bonds is 5. The van der Waals surface area contributed by atoms with Gasteiger partial charge in [0.05, 0.1) is 11.5 Å². The Labute approximate surface area is 177 Å². The molecule has 4 rings (SSSR count). The minimum Gasteiger partial charge on any atom is -0.338 e. The summed E-state index contributed by atoms with van der Waals surface area (Å²) in [4.78, 5) is 31.2. The van der Waals surface area contributed by atoms with Gasteiger partial charge in [-0.1, -0.05) is 11.2 Å². The molecule has 2 aromatic carbocycles. The number of benzene rings is 2. The summed E-state index contributed by atoms with van der Waals surface area (Å²) in [7, 11) is 0. The molecule has 0 unspecified atom stereocenters. The van der Waals surface area contributed by atoms with E-state index >= 15 is 0 Å². The summed E-state index contributed by atoms with van der Waals surface area (Å²) in [5.74, 6) is 0.183. The van der Waals surface area contributed by atoms with Crippen LogP contribution in [-0.4, -0.2) is 56.9 Å². The number of hydrogen-bond acceptors (Lipinski definition) is 7. The molecule has 1 saturated heterocycles. The van der Waals surface area contributed by atoms with Gasteiger partial charge < -0.3 is 9.42 Å². The molecule has 0 saturated carbocycles. The lowest BCUT2D eigenvalue weighted by molar-refractivity contribution is -0.384. The Morgan fingerprint density at radius 1 is 1.13 bits per heavy atom. The highest BCUT2D eigenvalue weighted by atomic mass is 19.1. The lowest BCUT2D eigenvalue weighted by Crippen LogP contribution is -2.35. The number of carbonyl (C=O) groups excluding carboxylic acids is 1. The molecule has 0 aliphatic carbocycles. The van der Waals surface area contributed by atoms with Crippen LogP contribution in [-0.2, 0) is 6.54 Å². The van der Waals surface area contributed by atoms with Crippen molar-refractivity contribution in [3.05, 3.63) is 75.9 Å². The molecule has 0 N–H and O–H groups in total. The van der Waals surface area contributed by atoms with Crippen LogP contribution in [0.1, 0.15) is 22.7 Å². The minimum absolute atomic E-state index is 0.00521. The van der Waals surface area contributed by atoms with Gasteiger partial charge in [-0.2, -0.15) is 4.98 Å². The predicted molar refractivity (Wildman–Crippen MR) is 109 cm³/mol. The second kappa shape index (κ2) is 9.00. The van der Waals surface area contributed by atoms with Gasteiger partial charge in [0, 0.05) is 49.4 Å². The maximum Gasteiger partial charge on any atom is 0.269 e. The van der Waals surface area contributed by atoms with Crippen LogP contribution in [0.3, 0.4) is 0 Å². The van der Waals surface area contributed by atoms with Gasteiger partial charge in [-0.05, 0) is 36.8 Å². The Balaban J connectivity index is 1.36. The van der Waals surface area contributed by atoms with E-state index in [1.165, 1.54) is 30.3 Å². The molecule has 3 aromatic rings. The third kappa shape index (κ3) is 4.92. The molecule has 1 aliphatic heterocycles. The molecule has 1 fully saturated rings. The number of aromatic nitrogens is 2. The average molecular weight is 425 g/mol. The summed E-state index contributed by atoms with van der Waals surface area (Å²) in [5.41, 5.74) is 0.968. The molecular weight excluding hydrogens is 405 g/mol. The maximum absolute atomic E-state index is 13.4. The van der Waals surface area contributed by atoms with Crippen molar-refractivity contribution < 1.29 is 18.6 Å². The number of halogens is 1. The van der Waals surface area contributed by atoms with Crippen LogP contribution >= 0.6 is 0 Å². The summed E-state index contributed by atoms with van der Waals surface area (Å²) in [5, 5.41) is 14.7. The number of carbonyl (C=O) groups is 1. The second-order valence-electron chi connectivity index (χ2n) is 7.25. The normalized spacial score (nSPS) is 14.9. The van der Waals surface area contributed by atoms with Crippen molar-refractivity contribution in [2.45, 2.75) is 13.0 Å². The van der Waals surface area contributed by atoms with E-state index in [0.29, 0.717) is 49.0 Å². The monoisotopic (exact) mass is 425 g/mol. The summed E-state index contributed by atoms with van der Waals surface area (Å²) in [6.07, 6.45) is 0.768. The number of nitro groups is 1. The van der Waals surface area contributed by atoms with Gasteiger partial charge in [0.15, 0.2) is 0 Å². The van der Waals surface area contributed by atoms with Gasteiger partial charge in [0.2, 0.25) is 11.7 Å². The molecule has 1 amide bonds. The summed E-state index contributed by atoms with van der Waals surface area (Å²) in [6.45, 7) is 2.91. The summed E-state index contributed by atoms with van der Waals surface area (Å²) >= 11 is 0. The van der Waals surface area contributed by atoms with Crippen molar-refractivity contribution in [2.24, 2.45) is 0 Å². The maximum atomic E-state index is 13.4. The third-order valence-corrected chi connectivity index (χ3v) is 5.11. The first-order chi connectivity index (χ1) is 15.0. The minimum atomic E-state index is -0.465. The van der Waals surface area contributed by atoms with Crippen LogP contribution in [0.2, 0.25) is 0 Å². The molecule has 0 radical (unpaired) electrons. The van der Waals surface area contributed by atoms with E-state index in [1.807, 2.05) is 0 Å². The van der Waals surface area contributed by atoms with Crippen molar-refractivity contribution in [3.63, 3.8) is 0 Å². The first-order valence-corrected chi connectivity index (χ1v) is 9.84. The van der Waals surface area contributed by atoms with Crippen LogP contribution in [0.25, 0.3) is 11.4 Å². The number of non-ortho nitro benzene ring substituents is 1. The van der Waals surface area contributed by atoms with Gasteiger partial charge >= 0.3 is 0 Å². The zero-order valence-electron chi connectivity index (χ0n) is 16.6. The van der Waals surface area contributed by atoms with Crippen LogP contribution < -0.4 is 0 Å². The zero-order chi connectivity index (χ0) is 21.8. The van der Waals surface area contributed by atoms with Gasteiger partial charge in [-0.15, -0.1) is 0 Å². The number of amides is 1. The smallest absolute Gasteiger partial charge is 0.269 e. The largest absolute Gasteiger partial charge is 0.338 e. The Hall–Kier alpha value is -3.66. The Kier molecular flexibility index (Phi) is 5.99. The van der Waals surface area contributed by atoms with Gasteiger partial charge in [0.25, 0.3) is 11.6 Å². The number of nitro benzene ring substituents is 1.